The van der Waals surface area contributed by atoms with Crippen LogP contribution in [0.4, 0.5) is 0 Å². The molecule has 0 saturated heterocycles. The maximum atomic E-state index is 5.20. The van der Waals surface area contributed by atoms with Crippen molar-refractivity contribution in [3.63, 3.8) is 0 Å². The van der Waals surface area contributed by atoms with Gasteiger partial charge in [0.1, 0.15) is 0 Å². The quantitative estimate of drug-likeness (QED) is 0.214. The summed E-state index contributed by atoms with van der Waals surface area (Å²) in [4.78, 5) is 20.0. The summed E-state index contributed by atoms with van der Waals surface area (Å²) >= 11 is 0. The van der Waals surface area contributed by atoms with Crippen LogP contribution < -0.4 is 0 Å². The van der Waals surface area contributed by atoms with Crippen LogP contribution in [0, 0.1) is 0 Å². The molecule has 5 nitrogen and oxygen atoms in total. The van der Waals surface area contributed by atoms with Crippen molar-refractivity contribution in [3.8, 4) is 39.9 Å². The van der Waals surface area contributed by atoms with Crippen molar-refractivity contribution in [1.29, 1.82) is 0 Å². The van der Waals surface area contributed by atoms with Gasteiger partial charge >= 0.3 is 0 Å². The Bertz CT molecular complexity index is 2350. The molecule has 44 heavy (non-hydrogen) atoms. The van der Waals surface area contributed by atoms with Gasteiger partial charge in [0.05, 0.1) is 11.0 Å². The van der Waals surface area contributed by atoms with Gasteiger partial charge < -0.3 is 0 Å². The number of hydrogen-bond donors (Lipinski definition) is 0. The Kier molecular flexibility index (Phi) is 5.18. The van der Waals surface area contributed by atoms with Crippen molar-refractivity contribution in [2.24, 2.45) is 0 Å². The van der Waals surface area contributed by atoms with Gasteiger partial charge in [-0.1, -0.05) is 117 Å². The first-order valence-corrected chi connectivity index (χ1v) is 14.9. The Morgan fingerprint density at radius 3 is 1.86 bits per heavy atom. The molecule has 0 saturated carbocycles. The first-order valence-electron chi connectivity index (χ1n) is 14.9. The van der Waals surface area contributed by atoms with Gasteiger partial charge in [-0.25, -0.2) is 4.98 Å². The molecule has 5 heteroatoms. The van der Waals surface area contributed by atoms with Crippen LogP contribution in [-0.4, -0.2) is 24.5 Å². The smallest absolute Gasteiger partial charge is 0.238 e. The van der Waals surface area contributed by atoms with Crippen LogP contribution in [0.2, 0.25) is 0 Å². The number of nitrogens with zero attached hydrogens (tertiary/aromatic N) is 5. The predicted octanol–water partition coefficient (Wildman–Crippen LogP) is 9.16. The third-order valence-electron chi connectivity index (χ3n) is 9.10. The fourth-order valence-electron chi connectivity index (χ4n) is 7.16. The molecule has 0 atom stereocenters. The lowest BCUT2D eigenvalue weighted by molar-refractivity contribution is 0.660. The minimum absolute atomic E-state index is 0.301. The molecular weight excluding hydrogens is 538 g/mol. The molecule has 0 N–H and O–H groups in total. The molecule has 3 aromatic heterocycles. The Morgan fingerprint density at radius 1 is 0.591 bits per heavy atom. The molecule has 0 spiro atoms. The summed E-state index contributed by atoms with van der Waals surface area (Å²) < 4.78 is 2.28. The van der Waals surface area contributed by atoms with Gasteiger partial charge in [-0.05, 0) is 45.2 Å². The minimum Gasteiger partial charge on any atom is -0.277 e. The second-order valence-electron chi connectivity index (χ2n) is 11.9. The van der Waals surface area contributed by atoms with Gasteiger partial charge in [-0.15, -0.1) is 0 Å². The van der Waals surface area contributed by atoms with Gasteiger partial charge in [-0.2, -0.15) is 9.97 Å². The van der Waals surface area contributed by atoms with E-state index in [0.29, 0.717) is 17.6 Å². The third kappa shape index (κ3) is 3.41. The molecule has 208 valence electrons. The lowest BCUT2D eigenvalue weighted by atomic mass is 9.81. The predicted molar refractivity (Wildman–Crippen MR) is 178 cm³/mol. The maximum absolute atomic E-state index is 5.20. The van der Waals surface area contributed by atoms with Crippen LogP contribution in [0.3, 0.4) is 0 Å². The Morgan fingerprint density at radius 2 is 1.18 bits per heavy atom. The third-order valence-corrected chi connectivity index (χ3v) is 9.10. The van der Waals surface area contributed by atoms with Gasteiger partial charge in [0.25, 0.3) is 0 Å². The molecule has 0 bridgehead atoms. The van der Waals surface area contributed by atoms with E-state index in [1.165, 1.54) is 43.8 Å². The molecule has 0 radical (unpaired) electrons. The van der Waals surface area contributed by atoms with Crippen LogP contribution in [-0.2, 0) is 5.41 Å². The summed E-state index contributed by atoms with van der Waals surface area (Å²) in [7, 11) is 0. The average molecular weight is 566 g/mol. The van der Waals surface area contributed by atoms with Crippen LogP contribution in [0.25, 0.3) is 72.4 Å². The minimum atomic E-state index is -0.301. The normalized spacial score (nSPS) is 13.4. The lowest BCUT2D eigenvalue weighted by Crippen LogP contribution is -2.17. The van der Waals surface area contributed by atoms with E-state index in [1.807, 2.05) is 48.8 Å². The topological polar surface area (TPSA) is 56.5 Å². The number of rotatable bonds is 3. The van der Waals surface area contributed by atoms with Crippen LogP contribution in [0.1, 0.15) is 25.0 Å². The highest BCUT2D eigenvalue weighted by molar-refractivity contribution is 6.26. The number of benzene rings is 5. The van der Waals surface area contributed by atoms with E-state index in [9.17, 15) is 0 Å². The largest absolute Gasteiger partial charge is 0.277 e. The van der Waals surface area contributed by atoms with E-state index >= 15 is 0 Å². The number of pyridine rings is 1. The molecule has 1 aliphatic carbocycles. The highest BCUT2D eigenvalue weighted by Crippen LogP contribution is 2.55. The molecule has 0 amide bonds. The van der Waals surface area contributed by atoms with Crippen molar-refractivity contribution in [2.75, 3.05) is 0 Å². The summed E-state index contributed by atoms with van der Waals surface area (Å²) in [5.41, 5.74) is 8.79. The van der Waals surface area contributed by atoms with E-state index < -0.39 is 0 Å². The number of hydrogen-bond acceptors (Lipinski definition) is 4. The van der Waals surface area contributed by atoms with Gasteiger partial charge in [-0.3, -0.25) is 9.55 Å². The van der Waals surface area contributed by atoms with Gasteiger partial charge in [0.15, 0.2) is 11.6 Å². The molecule has 9 rings (SSSR count). The zero-order valence-corrected chi connectivity index (χ0v) is 24.4. The van der Waals surface area contributed by atoms with E-state index in [-0.39, 0.29) is 5.41 Å². The lowest BCUT2D eigenvalue weighted by Gasteiger charge is -2.24. The molecule has 8 aromatic rings. The number of aromatic nitrogens is 5. The van der Waals surface area contributed by atoms with E-state index in [0.717, 1.165) is 22.2 Å². The average Bonchev–Trinajstić information content (AvgIpc) is 3.55. The summed E-state index contributed by atoms with van der Waals surface area (Å²) in [6, 6.07) is 39.9. The highest BCUT2D eigenvalue weighted by Gasteiger charge is 2.40. The van der Waals surface area contributed by atoms with Crippen molar-refractivity contribution < 1.29 is 0 Å². The molecule has 0 aliphatic heterocycles. The molecule has 0 fully saturated rings. The SMILES string of the molecule is CC1(C)c2cnccc2-c2c1c1c(c3ccccc23)c2ccccc2n1-c1nc(-c2ccccc2)nc(-c2ccccc2)n1. The van der Waals surface area contributed by atoms with E-state index in [1.54, 1.807) is 0 Å². The first-order chi connectivity index (χ1) is 21.6. The fraction of sp³-hybridized carbons (Fsp3) is 0.0769. The zero-order valence-electron chi connectivity index (χ0n) is 24.4. The molecule has 0 unspecified atom stereocenters. The van der Waals surface area contributed by atoms with Crippen molar-refractivity contribution in [1.82, 2.24) is 24.5 Å². The second kappa shape index (κ2) is 9.16. The standard InChI is InChI=1S/C39H27N5/c1-39(2)30-23-40-22-21-28(30)32-26-17-9-10-18-27(26)33-29-19-11-12-20-31(29)44(35(33)34(32)39)38-42-36(24-13-5-3-6-14-24)41-37(43-38)25-15-7-4-8-16-25/h3-23H,1-2H3. The Labute approximate surface area is 254 Å². The summed E-state index contributed by atoms with van der Waals surface area (Å²) in [6.45, 7) is 4.63. The summed E-state index contributed by atoms with van der Waals surface area (Å²) in [5, 5.41) is 4.86. The highest BCUT2D eigenvalue weighted by atomic mass is 15.2. The van der Waals surface area contributed by atoms with Gasteiger partial charge in [0.2, 0.25) is 5.95 Å². The number of fused-ring (bicyclic) bond motifs is 10. The molecule has 1 aliphatic rings. The Balaban J connectivity index is 1.49. The molecule has 3 heterocycles. The van der Waals surface area contributed by atoms with Crippen molar-refractivity contribution in [2.45, 2.75) is 19.3 Å². The van der Waals surface area contributed by atoms with Crippen molar-refractivity contribution >= 4 is 32.6 Å². The molecule has 5 aromatic carbocycles. The number of para-hydroxylation sites is 1. The Hall–Kier alpha value is -5.68. The van der Waals surface area contributed by atoms with E-state index in [2.05, 4.69) is 102 Å². The van der Waals surface area contributed by atoms with Gasteiger partial charge in [0, 0.05) is 39.7 Å². The summed E-state index contributed by atoms with van der Waals surface area (Å²) in [6.07, 6.45) is 3.94. The van der Waals surface area contributed by atoms with Crippen LogP contribution in [0.5, 0.6) is 0 Å². The fourth-order valence-corrected chi connectivity index (χ4v) is 7.16. The first kappa shape index (κ1) is 24.9. The van der Waals surface area contributed by atoms with E-state index in [4.69, 9.17) is 15.0 Å². The van der Waals surface area contributed by atoms with Crippen LogP contribution >= 0.6 is 0 Å². The zero-order chi connectivity index (χ0) is 29.4. The van der Waals surface area contributed by atoms with Crippen molar-refractivity contribution in [3.05, 3.63) is 139 Å². The monoisotopic (exact) mass is 565 g/mol. The summed E-state index contributed by atoms with van der Waals surface area (Å²) in [5.74, 6) is 1.89. The second-order valence-corrected chi connectivity index (χ2v) is 11.9. The van der Waals surface area contributed by atoms with Crippen LogP contribution in [0.15, 0.2) is 128 Å². The maximum Gasteiger partial charge on any atom is 0.238 e. The molecular formula is C39H27N5.